The molecule has 0 saturated carbocycles. The molecular formula is C24H38BNO4. The van der Waals surface area contributed by atoms with Gasteiger partial charge in [-0.15, -0.1) is 6.58 Å². The quantitative estimate of drug-likeness (QED) is 0.324. The highest BCUT2D eigenvalue weighted by atomic mass is 16.7. The number of carbonyl (C=O) groups is 1. The summed E-state index contributed by atoms with van der Waals surface area (Å²) < 4.78 is 18.7. The molecule has 1 amide bonds. The third kappa shape index (κ3) is 5.09. The zero-order valence-corrected chi connectivity index (χ0v) is 20.0. The van der Waals surface area contributed by atoms with Crippen LogP contribution >= 0.6 is 0 Å². The van der Waals surface area contributed by atoms with Crippen molar-refractivity contribution in [2.24, 2.45) is 0 Å². The largest absolute Gasteiger partial charge is 0.490 e. The summed E-state index contributed by atoms with van der Waals surface area (Å²) in [6, 6.07) is 9.92. The van der Waals surface area contributed by atoms with Gasteiger partial charge in [0.05, 0.1) is 11.2 Å². The Morgan fingerprint density at radius 1 is 1.10 bits per heavy atom. The van der Waals surface area contributed by atoms with E-state index < -0.39 is 29.4 Å². The topological polar surface area (TPSA) is 48.0 Å². The number of carbonyl (C=O) groups excluding carboxylic acids is 1. The van der Waals surface area contributed by atoms with Gasteiger partial charge in [0.15, 0.2) is 0 Å². The highest BCUT2D eigenvalue weighted by molar-refractivity contribution is 6.49. The van der Waals surface area contributed by atoms with Gasteiger partial charge in [-0.1, -0.05) is 36.4 Å². The van der Waals surface area contributed by atoms with Gasteiger partial charge in [0.25, 0.3) is 0 Å². The van der Waals surface area contributed by atoms with Crippen LogP contribution in [-0.4, -0.2) is 41.5 Å². The Kier molecular flexibility index (Phi) is 7.15. The minimum absolute atomic E-state index is 0.382. The average Bonchev–Trinajstić information content (AvgIpc) is 2.85. The first-order valence-electron chi connectivity index (χ1n) is 10.8. The summed E-state index contributed by atoms with van der Waals surface area (Å²) in [6.45, 7) is 20.0. The van der Waals surface area contributed by atoms with E-state index in [1.54, 1.807) is 4.90 Å². The summed E-state index contributed by atoms with van der Waals surface area (Å²) in [7, 11) is -0.652. The van der Waals surface area contributed by atoms with Gasteiger partial charge in [-0.05, 0) is 73.8 Å². The number of hydrogen-bond acceptors (Lipinski definition) is 4. The SMILES string of the molecule is C=CCCCN(C(=O)OC(C)(C)C)C(C)(B1OC(C)(C)C(C)(C)O1)c1ccccc1. The normalized spacial score (nSPS) is 19.8. The zero-order chi connectivity index (χ0) is 22.8. The fourth-order valence-corrected chi connectivity index (χ4v) is 3.49. The molecule has 0 aromatic heterocycles. The predicted octanol–water partition coefficient (Wildman–Crippen LogP) is 5.74. The zero-order valence-electron chi connectivity index (χ0n) is 20.0. The number of hydrogen-bond donors (Lipinski definition) is 0. The smallest absolute Gasteiger partial charge is 0.444 e. The van der Waals surface area contributed by atoms with Crippen LogP contribution in [0.1, 0.15) is 73.8 Å². The molecule has 0 aliphatic carbocycles. The van der Waals surface area contributed by atoms with Gasteiger partial charge < -0.3 is 14.0 Å². The van der Waals surface area contributed by atoms with Crippen molar-refractivity contribution >= 4 is 13.2 Å². The summed E-state index contributed by atoms with van der Waals surface area (Å²) >= 11 is 0. The van der Waals surface area contributed by atoms with E-state index in [4.69, 9.17) is 14.0 Å². The minimum Gasteiger partial charge on any atom is -0.444 e. The molecule has 0 spiro atoms. The lowest BCUT2D eigenvalue weighted by Crippen LogP contribution is -2.59. The lowest BCUT2D eigenvalue weighted by Gasteiger charge is -2.43. The first-order chi connectivity index (χ1) is 13.7. The molecule has 1 heterocycles. The molecule has 0 bridgehead atoms. The van der Waals surface area contributed by atoms with Gasteiger partial charge in [-0.2, -0.15) is 0 Å². The Labute approximate surface area is 182 Å². The fraction of sp³-hybridized carbons (Fsp3) is 0.625. The average molecular weight is 415 g/mol. The van der Waals surface area contributed by atoms with Crippen LogP contribution in [0.2, 0.25) is 0 Å². The van der Waals surface area contributed by atoms with E-state index in [-0.39, 0.29) is 6.09 Å². The van der Waals surface area contributed by atoms with Crippen LogP contribution in [-0.2, 0) is 19.5 Å². The molecule has 6 heteroatoms. The molecule has 1 aromatic carbocycles. The number of nitrogens with zero attached hydrogens (tertiary/aromatic N) is 1. The molecule has 30 heavy (non-hydrogen) atoms. The van der Waals surface area contributed by atoms with Crippen molar-refractivity contribution in [3.05, 3.63) is 48.6 Å². The molecule has 166 valence electrons. The summed E-state index contributed by atoms with van der Waals surface area (Å²) in [5.74, 6) is 0. The third-order valence-electron chi connectivity index (χ3n) is 6.04. The van der Waals surface area contributed by atoms with Crippen molar-refractivity contribution < 1.29 is 18.8 Å². The van der Waals surface area contributed by atoms with Crippen molar-refractivity contribution in [1.29, 1.82) is 0 Å². The van der Waals surface area contributed by atoms with E-state index in [2.05, 4.69) is 6.58 Å². The number of benzene rings is 1. The molecule has 1 saturated heterocycles. The maximum absolute atomic E-state index is 13.4. The summed E-state index contributed by atoms with van der Waals surface area (Å²) in [5.41, 5.74) is -1.59. The maximum atomic E-state index is 13.4. The summed E-state index contributed by atoms with van der Waals surface area (Å²) in [4.78, 5) is 15.2. The van der Waals surface area contributed by atoms with Crippen LogP contribution in [0.5, 0.6) is 0 Å². The van der Waals surface area contributed by atoms with Crippen LogP contribution in [0.3, 0.4) is 0 Å². The molecule has 2 rings (SSSR count). The van der Waals surface area contributed by atoms with Crippen LogP contribution in [0.4, 0.5) is 4.79 Å². The number of amides is 1. The van der Waals surface area contributed by atoms with Gasteiger partial charge in [-0.3, -0.25) is 4.90 Å². The van der Waals surface area contributed by atoms with E-state index in [1.165, 1.54) is 0 Å². The Morgan fingerprint density at radius 2 is 1.63 bits per heavy atom. The Bertz CT molecular complexity index is 725. The molecule has 0 radical (unpaired) electrons. The number of allylic oxidation sites excluding steroid dienone is 1. The van der Waals surface area contributed by atoms with E-state index in [9.17, 15) is 4.79 Å². The first kappa shape index (κ1) is 24.5. The lowest BCUT2D eigenvalue weighted by molar-refractivity contribution is 0.00521. The predicted molar refractivity (Wildman–Crippen MR) is 122 cm³/mol. The molecule has 1 aromatic rings. The Morgan fingerprint density at radius 3 is 2.10 bits per heavy atom. The van der Waals surface area contributed by atoms with E-state index >= 15 is 0 Å². The molecule has 1 aliphatic rings. The van der Waals surface area contributed by atoms with Crippen LogP contribution < -0.4 is 0 Å². The van der Waals surface area contributed by atoms with Gasteiger partial charge in [0.1, 0.15) is 11.0 Å². The maximum Gasteiger partial charge on any atom is 0.490 e. The Balaban J connectivity index is 2.56. The van der Waals surface area contributed by atoms with Crippen molar-refractivity contribution in [1.82, 2.24) is 4.90 Å². The monoisotopic (exact) mass is 415 g/mol. The van der Waals surface area contributed by atoms with Crippen molar-refractivity contribution in [2.75, 3.05) is 6.54 Å². The number of ether oxygens (including phenoxy) is 1. The van der Waals surface area contributed by atoms with Crippen molar-refractivity contribution in [3.63, 3.8) is 0 Å². The third-order valence-corrected chi connectivity index (χ3v) is 6.04. The number of unbranched alkanes of at least 4 members (excludes halogenated alkanes) is 1. The highest BCUT2D eigenvalue weighted by Crippen LogP contribution is 2.45. The van der Waals surface area contributed by atoms with Crippen molar-refractivity contribution in [3.8, 4) is 0 Å². The molecule has 1 atom stereocenters. The van der Waals surface area contributed by atoms with Gasteiger partial charge in [0.2, 0.25) is 0 Å². The summed E-state index contributed by atoms with van der Waals surface area (Å²) in [5, 5.41) is 0. The second-order valence-corrected chi connectivity index (χ2v) is 10.2. The van der Waals surface area contributed by atoms with Gasteiger partial charge >= 0.3 is 13.2 Å². The van der Waals surface area contributed by atoms with E-state index in [0.717, 1.165) is 18.4 Å². The molecular weight excluding hydrogens is 377 g/mol. The standard InChI is InChI=1S/C24H38BNO4/c1-10-11-15-18-26(20(27)28-21(2,3)4)24(9,19-16-13-12-14-17-19)25-29-22(5,6)23(7,8)30-25/h10,12-14,16-17H,1,11,15,18H2,2-9H3. The second-order valence-electron chi connectivity index (χ2n) is 10.2. The fourth-order valence-electron chi connectivity index (χ4n) is 3.49. The Hall–Kier alpha value is -1.79. The minimum atomic E-state index is -0.879. The lowest BCUT2D eigenvalue weighted by atomic mass is 9.60. The first-order valence-corrected chi connectivity index (χ1v) is 10.8. The van der Waals surface area contributed by atoms with Gasteiger partial charge in [0, 0.05) is 6.54 Å². The number of rotatable bonds is 7. The molecule has 0 N–H and O–H groups in total. The van der Waals surface area contributed by atoms with Crippen LogP contribution in [0, 0.1) is 0 Å². The molecule has 1 unspecified atom stereocenters. The van der Waals surface area contributed by atoms with E-state index in [1.807, 2.05) is 91.8 Å². The second kappa shape index (κ2) is 8.76. The van der Waals surface area contributed by atoms with Crippen LogP contribution in [0.15, 0.2) is 43.0 Å². The van der Waals surface area contributed by atoms with E-state index in [0.29, 0.717) is 6.54 Å². The summed E-state index contributed by atoms with van der Waals surface area (Å²) in [6.07, 6.45) is 3.05. The molecule has 1 aliphatic heterocycles. The molecule has 1 fully saturated rings. The van der Waals surface area contributed by atoms with Gasteiger partial charge in [-0.25, -0.2) is 4.79 Å². The van der Waals surface area contributed by atoms with Crippen LogP contribution in [0.25, 0.3) is 0 Å². The molecule has 5 nitrogen and oxygen atoms in total. The van der Waals surface area contributed by atoms with Crippen molar-refractivity contribution in [2.45, 2.75) is 90.5 Å². The highest BCUT2D eigenvalue weighted by Gasteiger charge is 2.61.